The summed E-state index contributed by atoms with van der Waals surface area (Å²) in [5, 5.41) is 14.8. The molecule has 0 bridgehead atoms. The predicted octanol–water partition coefficient (Wildman–Crippen LogP) is 5.77. The molecule has 0 N–H and O–H groups in total. The Hall–Kier alpha value is -2.89. The maximum atomic E-state index is 6.27. The smallest absolute Gasteiger partial charge is 0.187 e. The van der Waals surface area contributed by atoms with Gasteiger partial charge < -0.3 is 0 Å². The Morgan fingerprint density at radius 3 is 2.29 bits per heavy atom. The molecule has 0 unspecified atom stereocenters. The fourth-order valence-electron chi connectivity index (χ4n) is 2.65. The van der Waals surface area contributed by atoms with Crippen LogP contribution in [0.3, 0.4) is 0 Å². The topological polar surface area (TPSA) is 43.1 Å². The number of hydrogen-bond donors (Lipinski definition) is 0. The van der Waals surface area contributed by atoms with Crippen molar-refractivity contribution < 1.29 is 0 Å². The highest BCUT2D eigenvalue weighted by atomic mass is 35.5. The molecule has 4 aromatic rings. The van der Waals surface area contributed by atoms with Gasteiger partial charge in [0.05, 0.1) is 6.21 Å². The molecular weight excluding hydrogens is 388 g/mol. The molecule has 0 fully saturated rings. The monoisotopic (exact) mass is 404 g/mol. The van der Waals surface area contributed by atoms with Gasteiger partial charge in [0, 0.05) is 21.9 Å². The fourth-order valence-corrected chi connectivity index (χ4v) is 3.68. The number of hydrogen-bond acceptors (Lipinski definition) is 4. The lowest BCUT2D eigenvalue weighted by Crippen LogP contribution is -1.97. The fraction of sp³-hybridized carbons (Fsp3) is 0.0455. The zero-order chi connectivity index (χ0) is 19.2. The Morgan fingerprint density at radius 1 is 0.857 bits per heavy atom. The Balaban J connectivity index is 1.68. The molecule has 138 valence electrons. The van der Waals surface area contributed by atoms with E-state index in [1.54, 1.807) is 22.7 Å². The molecule has 0 spiro atoms. The number of thioether (sulfide) groups is 1. The minimum absolute atomic E-state index is 0.652. The molecule has 3 aromatic carbocycles. The SMILES string of the molecule is Clc1ccccc1/C=N\n1c(SCc2ccccc2)nnc1-c1ccccc1. The standard InChI is InChI=1S/C22H17ClN4S/c23-20-14-8-7-13-19(20)15-24-27-21(18-11-5-2-6-12-18)25-26-22(27)28-16-17-9-3-1-4-10-17/h1-15H,16H2/b24-15-. The highest BCUT2D eigenvalue weighted by Gasteiger charge is 2.14. The van der Waals surface area contributed by atoms with Gasteiger partial charge in [-0.3, -0.25) is 0 Å². The van der Waals surface area contributed by atoms with E-state index >= 15 is 0 Å². The number of aromatic nitrogens is 3. The summed E-state index contributed by atoms with van der Waals surface area (Å²) in [6, 6.07) is 27.8. The van der Waals surface area contributed by atoms with E-state index in [0.717, 1.165) is 22.0 Å². The molecule has 0 atom stereocenters. The lowest BCUT2D eigenvalue weighted by Gasteiger charge is -2.05. The number of rotatable bonds is 6. The molecular formula is C22H17ClN4S. The second-order valence-corrected chi connectivity index (χ2v) is 7.37. The van der Waals surface area contributed by atoms with Crippen molar-refractivity contribution in [1.82, 2.24) is 14.9 Å². The largest absolute Gasteiger partial charge is 0.212 e. The quantitative estimate of drug-likeness (QED) is 0.302. The van der Waals surface area contributed by atoms with E-state index in [1.807, 2.05) is 72.8 Å². The average Bonchev–Trinajstić information content (AvgIpc) is 3.16. The maximum Gasteiger partial charge on any atom is 0.212 e. The normalized spacial score (nSPS) is 11.2. The summed E-state index contributed by atoms with van der Waals surface area (Å²) in [4.78, 5) is 0. The molecule has 1 heterocycles. The molecule has 0 saturated heterocycles. The summed E-state index contributed by atoms with van der Waals surface area (Å²) in [6.45, 7) is 0. The predicted molar refractivity (Wildman–Crippen MR) is 116 cm³/mol. The van der Waals surface area contributed by atoms with Gasteiger partial charge in [0.15, 0.2) is 5.82 Å². The number of nitrogens with zero attached hydrogens (tertiary/aromatic N) is 4. The van der Waals surface area contributed by atoms with Crippen molar-refractivity contribution in [2.45, 2.75) is 10.9 Å². The number of benzene rings is 3. The van der Waals surface area contributed by atoms with Crippen molar-refractivity contribution in [2.24, 2.45) is 5.10 Å². The summed E-state index contributed by atoms with van der Waals surface area (Å²) in [6.07, 6.45) is 1.74. The van der Waals surface area contributed by atoms with E-state index < -0.39 is 0 Å². The molecule has 0 saturated carbocycles. The van der Waals surface area contributed by atoms with E-state index in [4.69, 9.17) is 11.6 Å². The van der Waals surface area contributed by atoms with Gasteiger partial charge in [-0.15, -0.1) is 10.2 Å². The molecule has 6 heteroatoms. The molecule has 0 aliphatic heterocycles. The van der Waals surface area contributed by atoms with E-state index in [-0.39, 0.29) is 0 Å². The van der Waals surface area contributed by atoms with Crippen molar-refractivity contribution >= 4 is 29.6 Å². The second kappa shape index (κ2) is 8.87. The Kier molecular flexibility index (Phi) is 5.85. The third-order valence-electron chi connectivity index (χ3n) is 4.07. The van der Waals surface area contributed by atoms with Gasteiger partial charge in [-0.2, -0.15) is 9.78 Å². The van der Waals surface area contributed by atoms with Crippen LogP contribution in [0.4, 0.5) is 0 Å². The first kappa shape index (κ1) is 18.5. The van der Waals surface area contributed by atoms with Crippen LogP contribution in [-0.2, 0) is 5.75 Å². The Bertz CT molecular complexity index is 1080. The minimum atomic E-state index is 0.652. The van der Waals surface area contributed by atoms with Crippen LogP contribution >= 0.6 is 23.4 Å². The maximum absolute atomic E-state index is 6.27. The summed E-state index contributed by atoms with van der Waals surface area (Å²) in [5.74, 6) is 1.48. The zero-order valence-corrected chi connectivity index (χ0v) is 16.5. The van der Waals surface area contributed by atoms with Crippen molar-refractivity contribution in [2.75, 3.05) is 0 Å². The summed E-state index contributed by atoms with van der Waals surface area (Å²) >= 11 is 7.86. The lowest BCUT2D eigenvalue weighted by molar-refractivity contribution is 0.772. The molecule has 0 radical (unpaired) electrons. The number of halogens is 1. The first-order valence-corrected chi connectivity index (χ1v) is 10.1. The molecule has 28 heavy (non-hydrogen) atoms. The van der Waals surface area contributed by atoms with Crippen LogP contribution in [0.5, 0.6) is 0 Å². The lowest BCUT2D eigenvalue weighted by atomic mass is 10.2. The van der Waals surface area contributed by atoms with Crippen molar-refractivity contribution in [3.05, 3.63) is 101 Å². The molecule has 4 nitrogen and oxygen atoms in total. The molecule has 0 aliphatic carbocycles. The van der Waals surface area contributed by atoms with Gasteiger partial charge in [0.2, 0.25) is 5.16 Å². The van der Waals surface area contributed by atoms with Crippen LogP contribution in [-0.4, -0.2) is 21.1 Å². The van der Waals surface area contributed by atoms with Crippen LogP contribution in [0.15, 0.2) is 95.2 Å². The van der Waals surface area contributed by atoms with Crippen LogP contribution in [0.1, 0.15) is 11.1 Å². The van der Waals surface area contributed by atoms with Gasteiger partial charge in [-0.1, -0.05) is 102 Å². The van der Waals surface area contributed by atoms with Gasteiger partial charge in [-0.25, -0.2) is 0 Å². The van der Waals surface area contributed by atoms with Crippen LogP contribution in [0, 0.1) is 0 Å². The van der Waals surface area contributed by atoms with Gasteiger partial charge >= 0.3 is 0 Å². The van der Waals surface area contributed by atoms with Gasteiger partial charge in [0.25, 0.3) is 0 Å². The summed E-state index contributed by atoms with van der Waals surface area (Å²) in [7, 11) is 0. The molecule has 0 amide bonds. The van der Waals surface area contributed by atoms with Crippen molar-refractivity contribution in [3.8, 4) is 11.4 Å². The van der Waals surface area contributed by atoms with E-state index in [1.165, 1.54) is 5.56 Å². The Morgan fingerprint density at radius 2 is 1.54 bits per heavy atom. The van der Waals surface area contributed by atoms with Crippen LogP contribution in [0.2, 0.25) is 5.02 Å². The second-order valence-electron chi connectivity index (χ2n) is 6.02. The van der Waals surface area contributed by atoms with Crippen LogP contribution < -0.4 is 0 Å². The molecule has 0 aliphatic rings. The average molecular weight is 405 g/mol. The molecule has 4 rings (SSSR count). The van der Waals surface area contributed by atoms with E-state index in [9.17, 15) is 0 Å². The minimum Gasteiger partial charge on any atom is -0.187 e. The Labute approximate surface area is 172 Å². The highest BCUT2D eigenvalue weighted by Crippen LogP contribution is 2.26. The first-order chi connectivity index (χ1) is 13.8. The summed E-state index contributed by atoms with van der Waals surface area (Å²) < 4.78 is 1.77. The third-order valence-corrected chi connectivity index (χ3v) is 5.41. The van der Waals surface area contributed by atoms with Gasteiger partial charge in [0.1, 0.15) is 0 Å². The van der Waals surface area contributed by atoms with Crippen molar-refractivity contribution in [3.63, 3.8) is 0 Å². The van der Waals surface area contributed by atoms with Crippen LogP contribution in [0.25, 0.3) is 11.4 Å². The van der Waals surface area contributed by atoms with E-state index in [0.29, 0.717) is 10.8 Å². The van der Waals surface area contributed by atoms with Crippen molar-refractivity contribution in [1.29, 1.82) is 0 Å². The first-order valence-electron chi connectivity index (χ1n) is 8.78. The van der Waals surface area contributed by atoms with E-state index in [2.05, 4.69) is 27.4 Å². The third kappa shape index (κ3) is 4.32. The van der Waals surface area contributed by atoms with Gasteiger partial charge in [-0.05, 0) is 11.6 Å². The zero-order valence-electron chi connectivity index (χ0n) is 14.9. The summed E-state index contributed by atoms with van der Waals surface area (Å²) in [5.41, 5.74) is 3.02. The molecule has 1 aromatic heterocycles. The highest BCUT2D eigenvalue weighted by molar-refractivity contribution is 7.98.